The first-order valence-corrected chi connectivity index (χ1v) is 15.8. The molecule has 0 amide bonds. The van der Waals surface area contributed by atoms with E-state index in [9.17, 15) is 13.5 Å². The summed E-state index contributed by atoms with van der Waals surface area (Å²) in [6, 6.07) is 14.7. The van der Waals surface area contributed by atoms with Crippen molar-refractivity contribution in [3.8, 4) is 5.75 Å². The summed E-state index contributed by atoms with van der Waals surface area (Å²) < 4.78 is 30.9. The number of nitrogens with zero attached hydrogens (tertiary/aromatic N) is 3. The molecule has 0 unspecified atom stereocenters. The summed E-state index contributed by atoms with van der Waals surface area (Å²) >= 11 is 0. The van der Waals surface area contributed by atoms with Gasteiger partial charge in [-0.25, -0.2) is 8.42 Å². The summed E-state index contributed by atoms with van der Waals surface area (Å²) in [5, 5.41) is 10.7. The maximum atomic E-state index is 13.5. The number of anilines is 1. The lowest BCUT2D eigenvalue weighted by Crippen LogP contribution is -2.44. The van der Waals surface area contributed by atoms with Gasteiger partial charge in [-0.3, -0.25) is 0 Å². The van der Waals surface area contributed by atoms with Crippen molar-refractivity contribution in [1.29, 1.82) is 0 Å². The predicted molar refractivity (Wildman–Crippen MR) is 138 cm³/mol. The number of hydrogen-bond acceptors (Lipinski definition) is 4. The van der Waals surface area contributed by atoms with Crippen LogP contribution in [-0.2, 0) is 10.0 Å². The Morgan fingerprint density at radius 1 is 1.06 bits per heavy atom. The maximum absolute atomic E-state index is 13.5. The van der Waals surface area contributed by atoms with Crippen LogP contribution < -0.4 is 4.90 Å². The van der Waals surface area contributed by atoms with Crippen LogP contribution in [0.3, 0.4) is 0 Å². The van der Waals surface area contributed by atoms with Crippen molar-refractivity contribution in [1.82, 2.24) is 8.54 Å². The molecule has 0 saturated carbocycles. The molecule has 8 heteroatoms. The van der Waals surface area contributed by atoms with Crippen LogP contribution in [0.15, 0.2) is 59.6 Å². The standard InChI is InChI=1S/C25H35N3O3SSi/c1-25(2,3)33(5,6)28-16-13-19-17-23(11-12-24(19)28)32(30,31)27-15-14-21(18-27)26(4)20-7-9-22(29)10-8-20/h7-13,16-17,21,29H,14-15,18H2,1-6H3/t21-/m0/s1. The first-order chi connectivity index (χ1) is 15.3. The Hall–Kier alpha value is -2.29. The third-order valence-corrected chi connectivity index (χ3v) is 14.8. The second kappa shape index (κ2) is 8.18. The molecule has 0 bridgehead atoms. The van der Waals surface area contributed by atoms with Crippen LogP contribution in [0.1, 0.15) is 27.2 Å². The number of sulfonamides is 1. The van der Waals surface area contributed by atoms with Crippen molar-refractivity contribution in [3.05, 3.63) is 54.7 Å². The molecule has 0 spiro atoms. The molecule has 2 aromatic carbocycles. The molecule has 1 aliphatic heterocycles. The molecule has 1 aliphatic rings. The van der Waals surface area contributed by atoms with Gasteiger partial charge in [-0.05, 0) is 66.2 Å². The van der Waals surface area contributed by atoms with Crippen LogP contribution in [0.25, 0.3) is 10.9 Å². The summed E-state index contributed by atoms with van der Waals surface area (Å²) in [6.07, 6.45) is 2.89. The Balaban J connectivity index is 1.57. The zero-order valence-corrected chi connectivity index (χ0v) is 22.2. The molecular weight excluding hydrogens is 450 g/mol. The van der Waals surface area contributed by atoms with Gasteiger partial charge in [0.15, 0.2) is 8.24 Å². The smallest absolute Gasteiger partial charge is 0.243 e. The van der Waals surface area contributed by atoms with E-state index in [0.717, 1.165) is 23.0 Å². The van der Waals surface area contributed by atoms with Gasteiger partial charge in [0.1, 0.15) is 5.75 Å². The highest BCUT2D eigenvalue weighted by atomic mass is 32.2. The van der Waals surface area contributed by atoms with Gasteiger partial charge in [0.05, 0.1) is 4.90 Å². The monoisotopic (exact) mass is 485 g/mol. The fraction of sp³-hybridized carbons (Fsp3) is 0.440. The van der Waals surface area contributed by atoms with Gasteiger partial charge in [0, 0.05) is 42.8 Å². The van der Waals surface area contributed by atoms with Crippen LogP contribution in [0, 0.1) is 0 Å². The molecule has 1 fully saturated rings. The van der Waals surface area contributed by atoms with Crippen molar-refractivity contribution in [2.75, 3.05) is 25.0 Å². The first-order valence-electron chi connectivity index (χ1n) is 11.5. The lowest BCUT2D eigenvalue weighted by Gasteiger charge is -2.38. The molecule has 3 aromatic rings. The van der Waals surface area contributed by atoms with Crippen LogP contribution in [0.4, 0.5) is 5.69 Å². The quantitative estimate of drug-likeness (QED) is 0.511. The van der Waals surface area contributed by atoms with Gasteiger partial charge in [-0.1, -0.05) is 33.9 Å². The molecule has 1 saturated heterocycles. The average molecular weight is 486 g/mol. The number of phenolic OH excluding ortho intramolecular Hbond substituents is 1. The van der Waals surface area contributed by atoms with Crippen molar-refractivity contribution >= 4 is 34.8 Å². The van der Waals surface area contributed by atoms with Gasteiger partial charge < -0.3 is 14.2 Å². The molecule has 2 heterocycles. The normalized spacial score (nSPS) is 18.2. The molecule has 1 atom stereocenters. The van der Waals surface area contributed by atoms with Crippen molar-refractivity contribution in [2.45, 2.75) is 56.3 Å². The number of aromatic nitrogens is 1. The number of aromatic hydroxyl groups is 1. The first kappa shape index (κ1) is 23.9. The topological polar surface area (TPSA) is 65.8 Å². The molecule has 4 rings (SSSR count). The van der Waals surface area contributed by atoms with Gasteiger partial charge in [-0.2, -0.15) is 4.31 Å². The third-order valence-electron chi connectivity index (χ3n) is 7.67. The number of likely N-dealkylation sites (N-methyl/N-ethyl adjacent to an activating group) is 1. The second-order valence-electron chi connectivity index (χ2n) is 10.6. The average Bonchev–Trinajstić information content (AvgIpc) is 3.40. The van der Waals surface area contributed by atoms with Crippen molar-refractivity contribution in [3.63, 3.8) is 0 Å². The van der Waals surface area contributed by atoms with Gasteiger partial charge >= 0.3 is 0 Å². The number of hydrogen-bond donors (Lipinski definition) is 1. The minimum atomic E-state index is -3.57. The predicted octanol–water partition coefficient (Wildman–Crippen LogP) is 5.10. The van der Waals surface area contributed by atoms with E-state index < -0.39 is 18.3 Å². The maximum Gasteiger partial charge on any atom is 0.243 e. The van der Waals surface area contributed by atoms with Gasteiger partial charge in [0.25, 0.3) is 0 Å². The van der Waals surface area contributed by atoms with E-state index in [1.54, 1.807) is 22.5 Å². The van der Waals surface area contributed by atoms with Gasteiger partial charge in [0.2, 0.25) is 10.0 Å². The van der Waals surface area contributed by atoms with Gasteiger partial charge in [-0.15, -0.1) is 0 Å². The van der Waals surface area contributed by atoms with E-state index in [4.69, 9.17) is 0 Å². The second-order valence-corrected chi connectivity index (χ2v) is 17.7. The highest BCUT2D eigenvalue weighted by Gasteiger charge is 2.38. The molecule has 1 N–H and O–H groups in total. The lowest BCUT2D eigenvalue weighted by molar-refractivity contribution is 0.470. The molecule has 6 nitrogen and oxygen atoms in total. The molecular formula is C25H35N3O3SSi. The Labute approximate surface area is 198 Å². The van der Waals surface area contributed by atoms with E-state index in [0.29, 0.717) is 18.0 Å². The summed E-state index contributed by atoms with van der Waals surface area (Å²) in [4.78, 5) is 2.45. The molecule has 0 aliphatic carbocycles. The number of rotatable bonds is 5. The van der Waals surface area contributed by atoms with Crippen LogP contribution in [-0.4, -0.2) is 56.5 Å². The Kier molecular flexibility index (Phi) is 5.91. The minimum absolute atomic E-state index is 0.0905. The Morgan fingerprint density at radius 2 is 1.73 bits per heavy atom. The summed E-state index contributed by atoms with van der Waals surface area (Å²) in [5.41, 5.74) is 2.07. The number of benzene rings is 2. The molecule has 0 radical (unpaired) electrons. The minimum Gasteiger partial charge on any atom is -0.508 e. The highest BCUT2D eigenvalue weighted by Crippen LogP contribution is 2.39. The molecule has 33 heavy (non-hydrogen) atoms. The van der Waals surface area contributed by atoms with Crippen LogP contribution >= 0.6 is 0 Å². The highest BCUT2D eigenvalue weighted by molar-refractivity contribution is 7.89. The van der Waals surface area contributed by atoms with E-state index in [1.165, 1.54) is 0 Å². The van der Waals surface area contributed by atoms with Crippen molar-refractivity contribution < 1.29 is 13.5 Å². The zero-order valence-electron chi connectivity index (χ0n) is 20.4. The lowest BCUT2D eigenvalue weighted by atomic mass is 10.2. The van der Waals surface area contributed by atoms with Crippen LogP contribution in [0.5, 0.6) is 5.75 Å². The molecule has 1 aromatic heterocycles. The Morgan fingerprint density at radius 3 is 2.36 bits per heavy atom. The molecule has 178 valence electrons. The summed E-state index contributed by atoms with van der Waals surface area (Å²) in [7, 11) is -3.40. The van der Waals surface area contributed by atoms with E-state index in [1.807, 2.05) is 37.4 Å². The largest absolute Gasteiger partial charge is 0.508 e. The summed E-state index contributed by atoms with van der Waals surface area (Å²) in [6.45, 7) is 12.5. The van der Waals surface area contributed by atoms with E-state index in [-0.39, 0.29) is 16.8 Å². The number of phenols is 1. The van der Waals surface area contributed by atoms with E-state index >= 15 is 0 Å². The Bertz CT molecular complexity index is 1260. The van der Waals surface area contributed by atoms with Crippen molar-refractivity contribution in [2.24, 2.45) is 0 Å². The van der Waals surface area contributed by atoms with Crippen LogP contribution in [0.2, 0.25) is 18.1 Å². The summed E-state index contributed by atoms with van der Waals surface area (Å²) in [5.74, 6) is 0.223. The fourth-order valence-corrected chi connectivity index (χ4v) is 7.93. The zero-order chi connectivity index (χ0) is 24.2. The van der Waals surface area contributed by atoms with E-state index in [2.05, 4.69) is 49.2 Å². The SMILES string of the molecule is CN(c1ccc(O)cc1)[C@H]1CCN(S(=O)(=O)c2ccc3c(ccn3[Si](C)(C)C(C)(C)C)c2)C1. The fourth-order valence-electron chi connectivity index (χ4n) is 4.42. The third kappa shape index (κ3) is 4.20. The number of fused-ring (bicyclic) bond motifs is 1.